The lowest BCUT2D eigenvalue weighted by atomic mass is 9.85. The Bertz CT molecular complexity index is 449. The zero-order chi connectivity index (χ0) is 20.2. The first-order chi connectivity index (χ1) is 12.9. The van der Waals surface area contributed by atoms with Crippen molar-refractivity contribution in [2.24, 2.45) is 5.73 Å². The average molecular weight is 405 g/mol. The van der Waals surface area contributed by atoms with Crippen LogP contribution in [0.1, 0.15) is 40.0 Å². The molecule has 3 amide bonds. The standard InChI is InChI=1S/C11H24N2O3.C7H12N2OS/c1-2-3-4-11(14)13-6-8-16-10-9-15-7-5-12;1-6-3-11-4-7(6,2)9-5(10)8-6/h2-10,12H2,1H3,(H,13,14);3-4H2,1-2H3,(H2,8,9,10). The number of urea groups is 1. The van der Waals surface area contributed by atoms with E-state index in [0.717, 1.165) is 24.3 Å². The fourth-order valence-electron chi connectivity index (χ4n) is 2.75. The van der Waals surface area contributed by atoms with Crippen LogP contribution < -0.4 is 21.7 Å². The molecule has 158 valence electrons. The minimum Gasteiger partial charge on any atom is -0.378 e. The Morgan fingerprint density at radius 1 is 1.15 bits per heavy atom. The van der Waals surface area contributed by atoms with Gasteiger partial charge >= 0.3 is 6.03 Å². The van der Waals surface area contributed by atoms with Crippen LogP contribution in [0, 0.1) is 0 Å². The van der Waals surface area contributed by atoms with E-state index in [4.69, 9.17) is 15.2 Å². The normalized spacial score (nSPS) is 25.9. The van der Waals surface area contributed by atoms with E-state index < -0.39 is 0 Å². The molecule has 0 aromatic carbocycles. The molecule has 2 heterocycles. The summed E-state index contributed by atoms with van der Waals surface area (Å²) in [5.41, 5.74) is 5.18. The van der Waals surface area contributed by atoms with Gasteiger partial charge in [-0.2, -0.15) is 11.8 Å². The molecule has 27 heavy (non-hydrogen) atoms. The van der Waals surface area contributed by atoms with Gasteiger partial charge in [-0.15, -0.1) is 0 Å². The molecular formula is C18H36N4O4S. The first-order valence-corrected chi connectivity index (χ1v) is 10.8. The van der Waals surface area contributed by atoms with Gasteiger partial charge in [0, 0.05) is 31.0 Å². The topological polar surface area (TPSA) is 115 Å². The SMILES string of the molecule is CC12CSCC1(C)NC(=O)N2.CCCCC(=O)NCCOCCOCCN. The number of carbonyl (C=O) groups is 2. The van der Waals surface area contributed by atoms with Gasteiger partial charge in [0.15, 0.2) is 0 Å². The Balaban J connectivity index is 0.000000285. The van der Waals surface area contributed by atoms with Crippen LogP contribution in [0.25, 0.3) is 0 Å². The molecule has 0 aromatic heterocycles. The number of hydrogen-bond donors (Lipinski definition) is 4. The molecule has 0 radical (unpaired) electrons. The number of fused-ring (bicyclic) bond motifs is 1. The molecule has 0 aromatic rings. The number of hydrogen-bond acceptors (Lipinski definition) is 6. The van der Waals surface area contributed by atoms with E-state index in [1.54, 1.807) is 0 Å². The molecule has 2 aliphatic heterocycles. The minimum absolute atomic E-state index is 0.0182. The van der Waals surface area contributed by atoms with Gasteiger partial charge in [-0.25, -0.2) is 4.79 Å². The Kier molecular flexibility index (Phi) is 11.1. The summed E-state index contributed by atoms with van der Waals surface area (Å²) in [6.45, 7) is 9.58. The maximum absolute atomic E-state index is 11.2. The molecule has 2 atom stereocenters. The number of amides is 3. The third-order valence-electron chi connectivity index (χ3n) is 4.74. The van der Waals surface area contributed by atoms with Gasteiger partial charge in [0.2, 0.25) is 5.91 Å². The van der Waals surface area contributed by atoms with Crippen molar-refractivity contribution in [3.05, 3.63) is 0 Å². The molecule has 0 bridgehead atoms. The van der Waals surface area contributed by atoms with Gasteiger partial charge < -0.3 is 31.2 Å². The van der Waals surface area contributed by atoms with E-state index in [0.29, 0.717) is 45.9 Å². The number of rotatable bonds is 11. The average Bonchev–Trinajstić information content (AvgIpc) is 3.01. The summed E-state index contributed by atoms with van der Waals surface area (Å²) in [5.74, 6) is 2.13. The first-order valence-electron chi connectivity index (χ1n) is 9.67. The molecule has 5 N–H and O–H groups in total. The van der Waals surface area contributed by atoms with E-state index in [2.05, 4.69) is 36.7 Å². The van der Waals surface area contributed by atoms with Crippen molar-refractivity contribution >= 4 is 23.7 Å². The van der Waals surface area contributed by atoms with Gasteiger partial charge in [-0.05, 0) is 20.3 Å². The molecule has 9 heteroatoms. The highest BCUT2D eigenvalue weighted by molar-refractivity contribution is 7.99. The van der Waals surface area contributed by atoms with Crippen LogP contribution >= 0.6 is 11.8 Å². The lowest BCUT2D eigenvalue weighted by molar-refractivity contribution is -0.121. The molecular weight excluding hydrogens is 368 g/mol. The zero-order valence-corrected chi connectivity index (χ0v) is 17.7. The smallest absolute Gasteiger partial charge is 0.315 e. The molecule has 0 saturated carbocycles. The third-order valence-corrected chi connectivity index (χ3v) is 6.30. The molecule has 0 aliphatic carbocycles. The highest BCUT2D eigenvalue weighted by atomic mass is 32.2. The predicted octanol–water partition coefficient (Wildman–Crippen LogP) is 0.848. The fourth-order valence-corrected chi connectivity index (χ4v) is 4.45. The first kappa shape index (κ1) is 24.0. The van der Waals surface area contributed by atoms with Gasteiger partial charge in [-0.1, -0.05) is 13.3 Å². The number of nitrogens with two attached hydrogens (primary N) is 1. The molecule has 2 rings (SSSR count). The van der Waals surface area contributed by atoms with Crippen molar-refractivity contribution in [3.63, 3.8) is 0 Å². The largest absolute Gasteiger partial charge is 0.378 e. The van der Waals surface area contributed by atoms with E-state index in [1.165, 1.54) is 0 Å². The van der Waals surface area contributed by atoms with Crippen LogP contribution in [-0.2, 0) is 14.3 Å². The van der Waals surface area contributed by atoms with Crippen molar-refractivity contribution in [1.29, 1.82) is 0 Å². The molecule has 2 unspecified atom stereocenters. The van der Waals surface area contributed by atoms with Gasteiger partial charge in [0.05, 0.1) is 37.5 Å². The summed E-state index contributed by atoms with van der Waals surface area (Å²) in [7, 11) is 0. The lowest BCUT2D eigenvalue weighted by Gasteiger charge is -2.30. The van der Waals surface area contributed by atoms with Crippen molar-refractivity contribution in [1.82, 2.24) is 16.0 Å². The van der Waals surface area contributed by atoms with Gasteiger partial charge in [0.1, 0.15) is 0 Å². The highest BCUT2D eigenvalue weighted by Crippen LogP contribution is 2.39. The Hall–Kier alpha value is -1.03. The Labute approximate surface area is 167 Å². The van der Waals surface area contributed by atoms with Crippen LogP contribution in [0.15, 0.2) is 0 Å². The monoisotopic (exact) mass is 404 g/mol. The summed E-state index contributed by atoms with van der Waals surface area (Å²) in [4.78, 5) is 22.2. The number of unbranched alkanes of at least 4 members (excludes halogenated alkanes) is 1. The van der Waals surface area contributed by atoms with Crippen LogP contribution in [0.4, 0.5) is 4.79 Å². The van der Waals surface area contributed by atoms with Crippen LogP contribution in [0.5, 0.6) is 0 Å². The molecule has 2 aliphatic rings. The summed E-state index contributed by atoms with van der Waals surface area (Å²) < 4.78 is 10.4. The Morgan fingerprint density at radius 3 is 2.30 bits per heavy atom. The predicted molar refractivity (Wildman–Crippen MR) is 109 cm³/mol. The lowest BCUT2D eigenvalue weighted by Crippen LogP contribution is -2.55. The summed E-state index contributed by atoms with van der Waals surface area (Å²) in [6, 6.07) is -0.0182. The highest BCUT2D eigenvalue weighted by Gasteiger charge is 2.55. The maximum atomic E-state index is 11.2. The van der Waals surface area contributed by atoms with Crippen LogP contribution in [-0.4, -0.2) is 74.0 Å². The second-order valence-electron chi connectivity index (χ2n) is 7.20. The van der Waals surface area contributed by atoms with Crippen molar-refractivity contribution in [3.8, 4) is 0 Å². The van der Waals surface area contributed by atoms with E-state index in [1.807, 2.05) is 11.8 Å². The molecule has 0 spiro atoms. The zero-order valence-electron chi connectivity index (χ0n) is 16.9. The summed E-state index contributed by atoms with van der Waals surface area (Å²) >= 11 is 1.89. The van der Waals surface area contributed by atoms with Crippen molar-refractivity contribution in [2.75, 3.05) is 51.0 Å². The van der Waals surface area contributed by atoms with Crippen molar-refractivity contribution in [2.45, 2.75) is 51.1 Å². The van der Waals surface area contributed by atoms with E-state index in [-0.39, 0.29) is 23.0 Å². The summed E-state index contributed by atoms with van der Waals surface area (Å²) in [5, 5.41) is 8.72. The number of thioether (sulfide) groups is 1. The van der Waals surface area contributed by atoms with Crippen LogP contribution in [0.2, 0.25) is 0 Å². The summed E-state index contributed by atoms with van der Waals surface area (Å²) in [6.07, 6.45) is 2.60. The quantitative estimate of drug-likeness (QED) is 0.300. The molecule has 2 fully saturated rings. The van der Waals surface area contributed by atoms with Crippen molar-refractivity contribution < 1.29 is 19.1 Å². The number of carbonyl (C=O) groups excluding carboxylic acids is 2. The van der Waals surface area contributed by atoms with Gasteiger partial charge in [-0.3, -0.25) is 4.79 Å². The molecule has 8 nitrogen and oxygen atoms in total. The van der Waals surface area contributed by atoms with E-state index >= 15 is 0 Å². The fraction of sp³-hybridized carbons (Fsp3) is 0.889. The molecule has 2 saturated heterocycles. The van der Waals surface area contributed by atoms with Gasteiger partial charge in [0.25, 0.3) is 0 Å². The minimum atomic E-state index is -0.0330. The van der Waals surface area contributed by atoms with Crippen LogP contribution in [0.3, 0.4) is 0 Å². The second kappa shape index (κ2) is 12.4. The van der Waals surface area contributed by atoms with E-state index in [9.17, 15) is 9.59 Å². The number of nitrogens with one attached hydrogen (secondary N) is 3. The third kappa shape index (κ3) is 8.25. The second-order valence-corrected chi connectivity index (χ2v) is 8.19. The maximum Gasteiger partial charge on any atom is 0.315 e. The number of ether oxygens (including phenoxy) is 2. The Morgan fingerprint density at radius 2 is 1.74 bits per heavy atom.